The topological polar surface area (TPSA) is 243 Å². The van der Waals surface area contributed by atoms with Gasteiger partial charge in [-0.05, 0) is 89.0 Å². The van der Waals surface area contributed by atoms with E-state index in [2.05, 4.69) is 37.8 Å². The summed E-state index contributed by atoms with van der Waals surface area (Å²) in [6.45, 7) is 4.88. The molecule has 0 aliphatic carbocycles. The highest BCUT2D eigenvalue weighted by atomic mass is 16.7. The van der Waals surface area contributed by atoms with Crippen LogP contribution in [0.3, 0.4) is 0 Å². The molecule has 24 nitrogen and oxygen atoms in total. The number of piperidine rings is 1. The Kier molecular flexibility index (Phi) is 17.5. The fourth-order valence-electron chi connectivity index (χ4n) is 10.4. The summed E-state index contributed by atoms with van der Waals surface area (Å²) in [6, 6.07) is 27.3. The fraction of sp³-hybridized carbons (Fsp3) is 0.361. The van der Waals surface area contributed by atoms with Crippen LogP contribution in [0.15, 0.2) is 114 Å². The SMILES string of the molecule is COc1ccc2cc3[n+](cc2c1OC(=O)N(C)CCN(C)C(=O)OCc1ccc(N=Nc2ccc(COC(=O)N(C)CCN(C)C(=O)n4ccc5c(N(C)[C@H]6CN(C(=O)CC#N)CC[C@H]6C)ncnc54)cc2)cc1)CCc1cc2c(cc1-3)OCO2. The molecule has 6 heterocycles. The number of likely N-dealkylation sites (N-methyl/N-ethyl adjacent to an activating group) is 5. The minimum Gasteiger partial charge on any atom is -0.493 e. The Morgan fingerprint density at radius 2 is 1.39 bits per heavy atom. The molecule has 0 saturated carbocycles. The van der Waals surface area contributed by atoms with Crippen LogP contribution in [-0.2, 0) is 40.4 Å². The van der Waals surface area contributed by atoms with Crippen molar-refractivity contribution in [3.63, 3.8) is 0 Å². The van der Waals surface area contributed by atoms with Crippen molar-refractivity contribution >= 4 is 69.2 Å². The summed E-state index contributed by atoms with van der Waals surface area (Å²) in [4.78, 5) is 84.1. The van der Waals surface area contributed by atoms with E-state index in [1.54, 1.807) is 100.0 Å². The molecule has 7 aromatic rings. The van der Waals surface area contributed by atoms with Crippen LogP contribution in [0.2, 0.25) is 0 Å². The number of carbonyl (C=O) groups excluding carboxylic acids is 5. The normalized spacial score (nSPS) is 14.9. The van der Waals surface area contributed by atoms with Crippen LogP contribution < -0.4 is 28.4 Å². The molecule has 3 aliphatic heterocycles. The van der Waals surface area contributed by atoms with E-state index in [1.807, 2.05) is 42.4 Å². The third-order valence-electron chi connectivity index (χ3n) is 15.7. The summed E-state index contributed by atoms with van der Waals surface area (Å²) in [6.07, 6.45) is 4.71. The Labute approximate surface area is 490 Å². The summed E-state index contributed by atoms with van der Waals surface area (Å²) in [7, 11) is 9.88. The number of pyridine rings is 1. The third kappa shape index (κ3) is 12.9. The summed E-state index contributed by atoms with van der Waals surface area (Å²) in [5, 5.41) is 20.0. The van der Waals surface area contributed by atoms with Crippen LogP contribution in [-0.4, -0.2) is 164 Å². The highest BCUT2D eigenvalue weighted by molar-refractivity contribution is 5.95. The smallest absolute Gasteiger partial charge is 0.415 e. The molecule has 3 aromatic heterocycles. The predicted molar refractivity (Wildman–Crippen MR) is 311 cm³/mol. The molecule has 1 saturated heterocycles. The summed E-state index contributed by atoms with van der Waals surface area (Å²) < 4.78 is 37.6. The molecular weight excluding hydrogens is 1090 g/mol. The number of rotatable bonds is 17. The summed E-state index contributed by atoms with van der Waals surface area (Å²) in [5.74, 6) is 2.86. The number of aryl methyl sites for hydroxylation is 2. The third-order valence-corrected chi connectivity index (χ3v) is 15.7. The predicted octanol–water partition coefficient (Wildman–Crippen LogP) is 8.70. The minimum absolute atomic E-state index is 0.0111. The van der Waals surface area contributed by atoms with Crippen LogP contribution in [0.1, 0.15) is 36.5 Å². The molecular formula is C61H66N13O11+. The molecule has 1 fully saturated rings. The second-order valence-corrected chi connectivity index (χ2v) is 21.3. The Bertz CT molecular complexity index is 3740. The van der Waals surface area contributed by atoms with E-state index in [9.17, 15) is 24.0 Å². The number of ether oxygens (including phenoxy) is 6. The van der Waals surface area contributed by atoms with E-state index >= 15 is 0 Å². The average Bonchev–Trinajstić information content (AvgIpc) is 2.96. The van der Waals surface area contributed by atoms with Gasteiger partial charge in [-0.2, -0.15) is 20.1 Å². The number of nitriles is 1. The molecule has 85 heavy (non-hydrogen) atoms. The van der Waals surface area contributed by atoms with Crippen LogP contribution in [0.25, 0.3) is 33.1 Å². The Morgan fingerprint density at radius 3 is 2.02 bits per heavy atom. The first-order valence-corrected chi connectivity index (χ1v) is 27.8. The number of aromatic nitrogens is 4. The molecule has 24 heteroatoms. The molecule has 0 spiro atoms. The second kappa shape index (κ2) is 25.6. The summed E-state index contributed by atoms with van der Waals surface area (Å²) in [5.41, 5.74) is 6.30. The van der Waals surface area contributed by atoms with E-state index < -0.39 is 18.3 Å². The molecule has 5 amide bonds. The zero-order valence-corrected chi connectivity index (χ0v) is 48.5. The van der Waals surface area contributed by atoms with Crippen molar-refractivity contribution in [2.75, 3.05) is 93.3 Å². The van der Waals surface area contributed by atoms with Crippen molar-refractivity contribution in [1.82, 2.24) is 39.0 Å². The number of likely N-dealkylation sites (tertiary alicyclic amines) is 1. The van der Waals surface area contributed by atoms with Gasteiger partial charge in [0.25, 0.3) is 0 Å². The highest BCUT2D eigenvalue weighted by Crippen LogP contribution is 2.42. The molecule has 3 aliphatic rings. The number of nitrogens with zero attached hydrogens (tertiary/aromatic N) is 13. The maximum absolute atomic E-state index is 13.7. The number of hydrogen-bond donors (Lipinski definition) is 0. The quantitative estimate of drug-likeness (QED) is 0.0611. The van der Waals surface area contributed by atoms with E-state index in [4.69, 9.17) is 33.7 Å². The van der Waals surface area contributed by atoms with Gasteiger partial charge in [0.15, 0.2) is 41.4 Å². The number of fused-ring (bicyclic) bond motifs is 6. The van der Waals surface area contributed by atoms with Crippen molar-refractivity contribution in [1.29, 1.82) is 5.26 Å². The summed E-state index contributed by atoms with van der Waals surface area (Å²) >= 11 is 0. The molecule has 0 unspecified atom stereocenters. The molecule has 2 atom stereocenters. The van der Waals surface area contributed by atoms with Crippen molar-refractivity contribution in [2.24, 2.45) is 16.1 Å². The number of anilines is 1. The first-order chi connectivity index (χ1) is 41.1. The van der Waals surface area contributed by atoms with Gasteiger partial charge < -0.3 is 57.8 Å². The van der Waals surface area contributed by atoms with E-state index in [1.165, 1.54) is 43.2 Å². The van der Waals surface area contributed by atoms with Crippen LogP contribution in [0.5, 0.6) is 23.0 Å². The first kappa shape index (κ1) is 58.2. The van der Waals surface area contributed by atoms with Crippen molar-refractivity contribution < 1.29 is 57.0 Å². The molecule has 0 bridgehead atoms. The maximum Gasteiger partial charge on any atom is 0.415 e. The lowest BCUT2D eigenvalue weighted by atomic mass is 9.92. The number of amides is 5. The zero-order chi connectivity index (χ0) is 59.9. The van der Waals surface area contributed by atoms with Crippen LogP contribution in [0.4, 0.5) is 36.4 Å². The Balaban J connectivity index is 0.637. The maximum atomic E-state index is 13.7. The van der Waals surface area contributed by atoms with Gasteiger partial charge in [0.05, 0.1) is 46.9 Å². The highest BCUT2D eigenvalue weighted by Gasteiger charge is 2.34. The Morgan fingerprint density at radius 1 is 0.765 bits per heavy atom. The number of methoxy groups -OCH3 is 1. The van der Waals surface area contributed by atoms with Gasteiger partial charge in [0, 0.05) is 93.2 Å². The van der Waals surface area contributed by atoms with Crippen LogP contribution in [0, 0.1) is 17.2 Å². The van der Waals surface area contributed by atoms with Gasteiger partial charge in [0.2, 0.25) is 18.4 Å². The zero-order valence-electron chi connectivity index (χ0n) is 48.5. The van der Waals surface area contributed by atoms with Crippen molar-refractivity contribution in [3.05, 3.63) is 120 Å². The van der Waals surface area contributed by atoms with Gasteiger partial charge in [-0.15, -0.1) is 0 Å². The minimum atomic E-state index is -0.616. The molecule has 0 radical (unpaired) electrons. The monoisotopic (exact) mass is 1160 g/mol. The van der Waals surface area contributed by atoms with Crippen LogP contribution >= 0.6 is 0 Å². The molecule has 0 N–H and O–H groups in total. The van der Waals surface area contributed by atoms with E-state index in [0.717, 1.165) is 52.9 Å². The molecule has 4 aromatic carbocycles. The lowest BCUT2D eigenvalue weighted by molar-refractivity contribution is -0.686. The standard InChI is InChI=1S/C61H66N13O11/c1-39-19-23-73(54(75)18-22-62)34-50(39)71(6)56-46-21-25-74(57(46)64-37-63-56)58(76)67(2)26-27-68(3)59(77)81-35-40-8-13-44(14-9-40)65-66-45-15-10-41(11-16-45)36-82-60(78)69(4)28-29-70(5)61(79)85-55-48-33-72-24-20-43-31-52-53(84-38-83-52)32-47(43)49(72)30-42(48)12-17-51(55)80-7/h8-17,21,25,30-33,37,39,50H,18-20,23-24,26-29,34-36,38H2,1-7H3/q+1/t39-,50+/m1/s1. The van der Waals surface area contributed by atoms with Crippen molar-refractivity contribution in [2.45, 2.75) is 52.0 Å². The first-order valence-electron chi connectivity index (χ1n) is 27.8. The Hall–Kier alpha value is -10.1. The lowest BCUT2D eigenvalue weighted by Crippen LogP contribution is -2.52. The molecule has 10 rings (SSSR count). The largest absolute Gasteiger partial charge is 0.493 e. The number of benzene rings is 4. The van der Waals surface area contributed by atoms with Gasteiger partial charge >= 0.3 is 24.3 Å². The number of carbonyl (C=O) groups is 5. The van der Waals surface area contributed by atoms with Gasteiger partial charge in [-0.25, -0.2) is 29.1 Å². The average molecular weight is 1160 g/mol. The van der Waals surface area contributed by atoms with E-state index in [-0.39, 0.29) is 76.5 Å². The lowest BCUT2D eigenvalue weighted by Gasteiger charge is -2.42. The van der Waals surface area contributed by atoms with E-state index in [0.29, 0.717) is 64.0 Å². The fourth-order valence-corrected chi connectivity index (χ4v) is 10.4. The van der Waals surface area contributed by atoms with Gasteiger partial charge in [0.1, 0.15) is 31.8 Å². The second-order valence-electron chi connectivity index (χ2n) is 21.3. The van der Waals surface area contributed by atoms with Gasteiger partial charge in [-0.1, -0.05) is 31.2 Å². The number of hydrogen-bond acceptors (Lipinski definition) is 17. The number of azo groups is 1. The van der Waals surface area contributed by atoms with Gasteiger partial charge in [-0.3, -0.25) is 9.36 Å². The van der Waals surface area contributed by atoms with Crippen molar-refractivity contribution in [3.8, 4) is 40.3 Å². The molecule has 440 valence electrons.